The molecule has 0 aliphatic heterocycles. The third-order valence-corrected chi connectivity index (χ3v) is 6.32. The molecule has 1 aliphatic rings. The molecular formula is C21H22ClNO5S. The van der Waals surface area contributed by atoms with E-state index in [0.29, 0.717) is 34.0 Å². The lowest BCUT2D eigenvalue weighted by Gasteiger charge is -2.27. The summed E-state index contributed by atoms with van der Waals surface area (Å²) in [7, 11) is 0. The number of hydrogen-bond donors (Lipinski definition) is 2. The number of hydrogen-bond acceptors (Lipinski definition) is 5. The van der Waals surface area contributed by atoms with Gasteiger partial charge in [-0.05, 0) is 25.8 Å². The van der Waals surface area contributed by atoms with Crippen LogP contribution in [0.25, 0.3) is 11.1 Å². The smallest absolute Gasteiger partial charge is 0.341 e. The van der Waals surface area contributed by atoms with Crippen LogP contribution in [0.1, 0.15) is 43.0 Å². The summed E-state index contributed by atoms with van der Waals surface area (Å²) in [6, 6.07) is 7.12. The van der Waals surface area contributed by atoms with Gasteiger partial charge in [0, 0.05) is 21.5 Å². The first-order valence-corrected chi connectivity index (χ1v) is 10.8. The number of carboxylic acids is 1. The lowest BCUT2D eigenvalue weighted by Crippen LogP contribution is -2.36. The summed E-state index contributed by atoms with van der Waals surface area (Å²) in [5.41, 5.74) is 1.48. The molecule has 1 saturated carbocycles. The summed E-state index contributed by atoms with van der Waals surface area (Å²) < 4.78 is 5.19. The normalized spacial score (nSPS) is 18.8. The van der Waals surface area contributed by atoms with Crippen molar-refractivity contribution in [2.75, 3.05) is 11.9 Å². The highest BCUT2D eigenvalue weighted by Gasteiger charge is 2.36. The Hall–Kier alpha value is -2.38. The summed E-state index contributed by atoms with van der Waals surface area (Å²) >= 11 is 7.50. The Morgan fingerprint density at radius 1 is 1.17 bits per heavy atom. The number of anilines is 1. The largest absolute Gasteiger partial charge is 0.481 e. The van der Waals surface area contributed by atoms with Crippen LogP contribution in [0, 0.1) is 11.8 Å². The molecular weight excluding hydrogens is 414 g/mol. The van der Waals surface area contributed by atoms with Crippen LogP contribution in [-0.4, -0.2) is 29.6 Å². The predicted molar refractivity (Wildman–Crippen MR) is 112 cm³/mol. The molecule has 6 nitrogen and oxygen atoms in total. The lowest BCUT2D eigenvalue weighted by molar-refractivity contribution is -0.147. The zero-order valence-corrected chi connectivity index (χ0v) is 17.5. The maximum atomic E-state index is 12.9. The minimum atomic E-state index is -0.960. The fourth-order valence-corrected chi connectivity index (χ4v) is 4.87. The number of esters is 1. The Bertz CT molecular complexity index is 926. The van der Waals surface area contributed by atoms with Gasteiger partial charge in [0.05, 0.1) is 18.4 Å². The number of carbonyl (C=O) groups excluding carboxylic acids is 2. The molecule has 0 saturated heterocycles. The van der Waals surface area contributed by atoms with Crippen LogP contribution in [0.2, 0.25) is 5.02 Å². The van der Waals surface area contributed by atoms with Crippen LogP contribution < -0.4 is 5.32 Å². The van der Waals surface area contributed by atoms with Crippen molar-refractivity contribution in [3.05, 3.63) is 40.2 Å². The molecule has 1 aliphatic carbocycles. The zero-order chi connectivity index (χ0) is 21.0. The highest BCUT2D eigenvalue weighted by Crippen LogP contribution is 2.40. The number of aliphatic carboxylic acids is 1. The Kier molecular flexibility index (Phi) is 6.92. The molecule has 2 aromatic rings. The molecule has 1 aromatic heterocycles. The van der Waals surface area contributed by atoms with Gasteiger partial charge in [-0.2, -0.15) is 0 Å². The van der Waals surface area contributed by atoms with E-state index in [1.54, 1.807) is 30.5 Å². The second-order valence-corrected chi connectivity index (χ2v) is 8.17. The van der Waals surface area contributed by atoms with E-state index in [0.717, 1.165) is 12.8 Å². The maximum Gasteiger partial charge on any atom is 0.341 e. The van der Waals surface area contributed by atoms with Gasteiger partial charge in [-0.15, -0.1) is 11.3 Å². The van der Waals surface area contributed by atoms with Crippen molar-refractivity contribution in [2.24, 2.45) is 11.8 Å². The molecule has 154 valence electrons. The molecule has 1 fully saturated rings. The van der Waals surface area contributed by atoms with Crippen molar-refractivity contribution in [3.63, 3.8) is 0 Å². The van der Waals surface area contributed by atoms with E-state index >= 15 is 0 Å². The second kappa shape index (κ2) is 9.41. The van der Waals surface area contributed by atoms with E-state index in [1.165, 1.54) is 11.3 Å². The van der Waals surface area contributed by atoms with Crippen LogP contribution in [0.3, 0.4) is 0 Å². The van der Waals surface area contributed by atoms with Crippen LogP contribution in [0.4, 0.5) is 5.00 Å². The van der Waals surface area contributed by atoms with Crippen molar-refractivity contribution >= 4 is 45.8 Å². The van der Waals surface area contributed by atoms with Gasteiger partial charge in [0.25, 0.3) is 0 Å². The fourth-order valence-electron chi connectivity index (χ4n) is 3.68. The number of benzene rings is 1. The molecule has 1 heterocycles. The average molecular weight is 436 g/mol. The van der Waals surface area contributed by atoms with Gasteiger partial charge in [0.15, 0.2) is 0 Å². The van der Waals surface area contributed by atoms with Gasteiger partial charge in [0.2, 0.25) is 5.91 Å². The predicted octanol–water partition coefficient (Wildman–Crippen LogP) is 5.07. The van der Waals surface area contributed by atoms with E-state index < -0.39 is 23.8 Å². The molecule has 2 N–H and O–H groups in total. The minimum Gasteiger partial charge on any atom is -0.481 e. The molecule has 2 unspecified atom stereocenters. The number of ether oxygens (including phenoxy) is 1. The van der Waals surface area contributed by atoms with E-state index in [-0.39, 0.29) is 18.1 Å². The van der Waals surface area contributed by atoms with Crippen LogP contribution in [0.5, 0.6) is 0 Å². The number of amides is 1. The van der Waals surface area contributed by atoms with Crippen molar-refractivity contribution in [3.8, 4) is 11.1 Å². The number of carbonyl (C=O) groups is 3. The standard InChI is InChI=1S/C21H22ClNO5S/c1-2-28-21(27)17-15(12-7-5-6-10-16(12)22)11-29-19(17)23-18(24)13-8-3-4-9-14(13)20(25)26/h5-7,10-11,13-14H,2-4,8-9H2,1H3,(H,23,24)(H,25,26). The molecule has 3 rings (SSSR count). The van der Waals surface area contributed by atoms with Gasteiger partial charge in [-0.1, -0.05) is 42.6 Å². The molecule has 2 atom stereocenters. The number of rotatable bonds is 6. The Morgan fingerprint density at radius 3 is 2.52 bits per heavy atom. The molecule has 0 bridgehead atoms. The summed E-state index contributed by atoms with van der Waals surface area (Å²) in [6.45, 7) is 1.89. The van der Waals surface area contributed by atoms with Gasteiger partial charge >= 0.3 is 11.9 Å². The summed E-state index contributed by atoms with van der Waals surface area (Å²) in [5.74, 6) is -3.23. The summed E-state index contributed by atoms with van der Waals surface area (Å²) in [6.07, 6.45) is 2.60. The van der Waals surface area contributed by atoms with Crippen LogP contribution >= 0.6 is 22.9 Å². The van der Waals surface area contributed by atoms with Gasteiger partial charge in [-0.3, -0.25) is 9.59 Å². The molecule has 0 radical (unpaired) electrons. The van der Waals surface area contributed by atoms with E-state index in [9.17, 15) is 19.5 Å². The van der Waals surface area contributed by atoms with Crippen molar-refractivity contribution in [1.29, 1.82) is 0 Å². The number of thiophene rings is 1. The fraction of sp³-hybridized carbons (Fsp3) is 0.381. The molecule has 29 heavy (non-hydrogen) atoms. The first kappa shape index (κ1) is 21.3. The Labute approximate surface area is 177 Å². The van der Waals surface area contributed by atoms with E-state index in [4.69, 9.17) is 16.3 Å². The third-order valence-electron chi connectivity index (χ3n) is 5.09. The Balaban J connectivity index is 1.95. The quantitative estimate of drug-likeness (QED) is 0.617. The first-order chi connectivity index (χ1) is 13.9. The van der Waals surface area contributed by atoms with E-state index in [2.05, 4.69) is 5.32 Å². The number of halogens is 1. The molecule has 0 spiro atoms. The zero-order valence-electron chi connectivity index (χ0n) is 15.9. The monoisotopic (exact) mass is 435 g/mol. The van der Waals surface area contributed by atoms with E-state index in [1.807, 2.05) is 6.07 Å². The highest BCUT2D eigenvalue weighted by molar-refractivity contribution is 7.15. The van der Waals surface area contributed by atoms with Crippen molar-refractivity contribution in [2.45, 2.75) is 32.6 Å². The number of carboxylic acid groups (broad SMARTS) is 1. The molecule has 1 amide bonds. The van der Waals surface area contributed by atoms with Crippen molar-refractivity contribution in [1.82, 2.24) is 0 Å². The van der Waals surface area contributed by atoms with Gasteiger partial charge < -0.3 is 15.2 Å². The molecule has 8 heteroatoms. The van der Waals surface area contributed by atoms with Crippen LogP contribution in [0.15, 0.2) is 29.6 Å². The maximum absolute atomic E-state index is 12.9. The Morgan fingerprint density at radius 2 is 1.86 bits per heavy atom. The SMILES string of the molecule is CCOC(=O)c1c(-c2ccccc2Cl)csc1NC(=O)C1CCCCC1C(=O)O. The minimum absolute atomic E-state index is 0.188. The summed E-state index contributed by atoms with van der Waals surface area (Å²) in [4.78, 5) is 37.1. The highest BCUT2D eigenvalue weighted by atomic mass is 35.5. The van der Waals surface area contributed by atoms with Crippen molar-refractivity contribution < 1.29 is 24.2 Å². The second-order valence-electron chi connectivity index (χ2n) is 6.88. The topological polar surface area (TPSA) is 92.7 Å². The average Bonchev–Trinajstić information content (AvgIpc) is 3.11. The lowest BCUT2D eigenvalue weighted by atomic mass is 9.79. The van der Waals surface area contributed by atoms with Crippen LogP contribution in [-0.2, 0) is 14.3 Å². The third kappa shape index (κ3) is 4.62. The first-order valence-electron chi connectivity index (χ1n) is 9.51. The molecule has 1 aromatic carbocycles. The van der Waals surface area contributed by atoms with Gasteiger partial charge in [-0.25, -0.2) is 4.79 Å². The van der Waals surface area contributed by atoms with Gasteiger partial charge in [0.1, 0.15) is 10.6 Å². The summed E-state index contributed by atoms with van der Waals surface area (Å²) in [5, 5.41) is 14.8. The number of nitrogens with one attached hydrogen (secondary N) is 1.